The predicted molar refractivity (Wildman–Crippen MR) is 134 cm³/mol. The molecular weight excluding hydrogens is 455 g/mol. The minimum atomic E-state index is 0.930. The first kappa shape index (κ1) is 18.1. The van der Waals surface area contributed by atoms with Gasteiger partial charge in [0.25, 0.3) is 0 Å². The Labute approximate surface area is 194 Å². The lowest BCUT2D eigenvalue weighted by Crippen LogP contribution is -1.92. The topological polar surface area (TPSA) is 67.3 Å². The Kier molecular flexibility index (Phi) is 3.98. The van der Waals surface area contributed by atoms with E-state index in [1.54, 1.807) is 11.3 Å². The highest BCUT2D eigenvalue weighted by atomic mass is 32.1. The molecule has 152 valence electrons. The Hall–Kier alpha value is -3.46. The van der Waals surface area contributed by atoms with Crippen LogP contribution in [0.3, 0.4) is 0 Å². The number of aromatic amines is 1. The number of fused-ring (bicyclic) bond motifs is 3. The second-order valence-electron chi connectivity index (χ2n) is 7.40. The summed E-state index contributed by atoms with van der Waals surface area (Å²) in [5, 5.41) is 12.7. The van der Waals surface area contributed by atoms with Gasteiger partial charge in [0.1, 0.15) is 5.01 Å². The minimum absolute atomic E-state index is 0.930. The molecule has 0 spiro atoms. The summed E-state index contributed by atoms with van der Waals surface area (Å²) in [6.07, 6.45) is 1.88. The molecule has 0 aliphatic rings. The van der Waals surface area contributed by atoms with Gasteiger partial charge in [-0.2, -0.15) is 13.8 Å². The van der Waals surface area contributed by atoms with Gasteiger partial charge in [-0.1, -0.05) is 30.3 Å². The van der Waals surface area contributed by atoms with Crippen LogP contribution in [-0.2, 0) is 0 Å². The van der Waals surface area contributed by atoms with Crippen LogP contribution in [0.4, 0.5) is 0 Å². The highest BCUT2D eigenvalue weighted by Crippen LogP contribution is 2.47. The van der Waals surface area contributed by atoms with Crippen LogP contribution in [0.1, 0.15) is 0 Å². The van der Waals surface area contributed by atoms with Crippen LogP contribution in [-0.4, -0.2) is 23.9 Å². The van der Waals surface area contributed by atoms with E-state index in [0.717, 1.165) is 64.3 Å². The maximum atomic E-state index is 5.00. The van der Waals surface area contributed by atoms with Crippen LogP contribution in [0.15, 0.2) is 72.2 Å². The molecule has 0 saturated heterocycles. The third-order valence-electron chi connectivity index (χ3n) is 5.58. The van der Waals surface area contributed by atoms with Crippen molar-refractivity contribution in [2.45, 2.75) is 0 Å². The quantitative estimate of drug-likeness (QED) is 0.297. The van der Waals surface area contributed by atoms with Crippen molar-refractivity contribution >= 4 is 65.6 Å². The number of aromatic nitrogens is 5. The lowest BCUT2D eigenvalue weighted by molar-refractivity contribution is 1.12. The summed E-state index contributed by atoms with van der Waals surface area (Å²) in [7, 11) is 0. The lowest BCUT2D eigenvalue weighted by atomic mass is 9.92. The van der Waals surface area contributed by atoms with E-state index in [1.807, 2.05) is 17.6 Å². The highest BCUT2D eigenvalue weighted by molar-refractivity contribution is 7.21. The molecule has 0 atom stereocenters. The van der Waals surface area contributed by atoms with Crippen molar-refractivity contribution in [1.29, 1.82) is 0 Å². The molecule has 4 aromatic heterocycles. The molecule has 0 radical (unpaired) electrons. The fourth-order valence-electron chi connectivity index (χ4n) is 4.17. The van der Waals surface area contributed by atoms with Crippen LogP contribution in [0.5, 0.6) is 0 Å². The fraction of sp³-hybridized carbons (Fsp3) is 0. The number of nitrogens with zero attached hydrogens (tertiary/aromatic N) is 4. The first-order valence-electron chi connectivity index (χ1n) is 9.98. The van der Waals surface area contributed by atoms with Crippen molar-refractivity contribution in [3.05, 3.63) is 72.2 Å². The van der Waals surface area contributed by atoms with Crippen molar-refractivity contribution in [1.82, 2.24) is 23.9 Å². The number of hydrogen-bond acceptors (Lipinski definition) is 7. The number of rotatable bonds is 3. The summed E-state index contributed by atoms with van der Waals surface area (Å²) in [6.45, 7) is 0. The van der Waals surface area contributed by atoms with Gasteiger partial charge in [0.15, 0.2) is 0 Å². The predicted octanol–water partition coefficient (Wildman–Crippen LogP) is 7.24. The molecule has 3 aromatic carbocycles. The van der Waals surface area contributed by atoms with Gasteiger partial charge in [-0.05, 0) is 53.4 Å². The van der Waals surface area contributed by atoms with E-state index < -0.39 is 0 Å². The van der Waals surface area contributed by atoms with E-state index in [9.17, 15) is 0 Å². The monoisotopic (exact) mass is 467 g/mol. The normalized spacial score (nSPS) is 11.8. The fourth-order valence-corrected chi connectivity index (χ4v) is 6.50. The first-order valence-corrected chi connectivity index (χ1v) is 12.4. The largest absolute Gasteiger partial charge is 0.278 e. The number of benzene rings is 3. The average Bonchev–Trinajstić information content (AvgIpc) is 3.62. The molecule has 4 heterocycles. The van der Waals surface area contributed by atoms with Crippen molar-refractivity contribution in [2.24, 2.45) is 0 Å². The molecule has 0 aliphatic heterocycles. The first-order chi connectivity index (χ1) is 15.9. The molecule has 0 amide bonds. The molecular formula is C24H13N5S3. The van der Waals surface area contributed by atoms with Crippen LogP contribution >= 0.6 is 34.4 Å². The summed E-state index contributed by atoms with van der Waals surface area (Å²) in [6, 6.07) is 20.8. The third-order valence-corrected chi connectivity index (χ3v) is 8.02. The number of para-hydroxylation sites is 1. The van der Waals surface area contributed by atoms with Gasteiger partial charge in [-0.15, -0.1) is 11.3 Å². The molecule has 1 N–H and O–H groups in total. The Balaban J connectivity index is 1.64. The molecule has 32 heavy (non-hydrogen) atoms. The number of H-pyrrole nitrogens is 1. The zero-order chi connectivity index (χ0) is 21.1. The molecule has 0 fully saturated rings. The summed E-state index contributed by atoms with van der Waals surface area (Å²) in [4.78, 5) is 5.00. The second-order valence-corrected chi connectivity index (χ2v) is 9.91. The Bertz CT molecular complexity index is 1710. The molecule has 7 aromatic rings. The van der Waals surface area contributed by atoms with Gasteiger partial charge in [-0.3, -0.25) is 5.10 Å². The lowest BCUT2D eigenvalue weighted by Gasteiger charge is -2.13. The smallest absolute Gasteiger partial charge is 0.126 e. The number of nitrogens with one attached hydrogen (secondary N) is 1. The summed E-state index contributed by atoms with van der Waals surface area (Å²) >= 11 is 4.67. The van der Waals surface area contributed by atoms with Crippen molar-refractivity contribution in [2.75, 3.05) is 0 Å². The summed E-state index contributed by atoms with van der Waals surface area (Å²) < 4.78 is 11.9. The van der Waals surface area contributed by atoms with Crippen LogP contribution in [0.25, 0.3) is 64.3 Å². The average molecular weight is 468 g/mol. The van der Waals surface area contributed by atoms with E-state index >= 15 is 0 Å². The van der Waals surface area contributed by atoms with Gasteiger partial charge in [0.05, 0.1) is 38.0 Å². The second kappa shape index (κ2) is 7.03. The van der Waals surface area contributed by atoms with E-state index in [-0.39, 0.29) is 0 Å². The summed E-state index contributed by atoms with van der Waals surface area (Å²) in [5.41, 5.74) is 7.00. The molecule has 0 bridgehead atoms. The maximum Gasteiger partial charge on any atom is 0.126 e. The molecule has 7 rings (SSSR count). The van der Waals surface area contributed by atoms with Gasteiger partial charge < -0.3 is 0 Å². The number of hydrogen-bond donors (Lipinski definition) is 1. The molecule has 8 heteroatoms. The Morgan fingerprint density at radius 1 is 0.812 bits per heavy atom. The summed E-state index contributed by atoms with van der Waals surface area (Å²) in [5.74, 6) is 0. The SMILES string of the molecule is c1ccc2sc(-c3c(-c4ccsn4)c(-c4nsc5ccccc45)cc4[nH]ncc34)nc2c1. The maximum absolute atomic E-state index is 5.00. The zero-order valence-corrected chi connectivity index (χ0v) is 18.9. The van der Waals surface area contributed by atoms with Gasteiger partial charge in [0, 0.05) is 32.8 Å². The van der Waals surface area contributed by atoms with E-state index in [2.05, 4.69) is 64.8 Å². The van der Waals surface area contributed by atoms with E-state index in [1.165, 1.54) is 23.1 Å². The van der Waals surface area contributed by atoms with Crippen LogP contribution in [0.2, 0.25) is 0 Å². The molecule has 5 nitrogen and oxygen atoms in total. The minimum Gasteiger partial charge on any atom is -0.278 e. The number of thiazole rings is 1. The molecule has 0 saturated carbocycles. The third kappa shape index (κ3) is 2.67. The van der Waals surface area contributed by atoms with Crippen molar-refractivity contribution < 1.29 is 0 Å². The van der Waals surface area contributed by atoms with Gasteiger partial charge in [0.2, 0.25) is 0 Å². The van der Waals surface area contributed by atoms with Crippen molar-refractivity contribution in [3.63, 3.8) is 0 Å². The van der Waals surface area contributed by atoms with Crippen LogP contribution < -0.4 is 0 Å². The Morgan fingerprint density at radius 3 is 2.56 bits per heavy atom. The van der Waals surface area contributed by atoms with E-state index in [4.69, 9.17) is 13.7 Å². The van der Waals surface area contributed by atoms with Gasteiger partial charge in [-0.25, -0.2) is 4.98 Å². The highest BCUT2D eigenvalue weighted by Gasteiger charge is 2.24. The zero-order valence-electron chi connectivity index (χ0n) is 16.4. The Morgan fingerprint density at radius 2 is 1.69 bits per heavy atom. The molecule has 0 aliphatic carbocycles. The van der Waals surface area contributed by atoms with Crippen LogP contribution in [0, 0.1) is 0 Å². The van der Waals surface area contributed by atoms with E-state index in [0.29, 0.717) is 0 Å². The molecule has 0 unspecified atom stereocenters. The van der Waals surface area contributed by atoms with Crippen molar-refractivity contribution in [3.8, 4) is 33.1 Å². The van der Waals surface area contributed by atoms with Gasteiger partial charge >= 0.3 is 0 Å². The standard InChI is InChI=1S/C24H13N5S3/c1-3-7-19-13(5-1)23(29-32-19)14-11-18-15(12-25-27-18)22(21(14)17-9-10-30-28-17)24-26-16-6-2-4-8-20(16)31-24/h1-12H,(H,25,27).